The van der Waals surface area contributed by atoms with Crippen LogP contribution in [0.1, 0.15) is 77.6 Å². The van der Waals surface area contributed by atoms with Crippen molar-refractivity contribution < 1.29 is 4.42 Å². The summed E-state index contributed by atoms with van der Waals surface area (Å²) in [7, 11) is 0. The fourth-order valence-corrected chi connectivity index (χ4v) is 13.2. The average molecular weight is 870 g/mol. The highest BCUT2D eigenvalue weighted by atomic mass is 32.1. The Morgan fingerprint density at radius 1 is 0.621 bits per heavy atom. The molecule has 8 aromatic carbocycles. The monoisotopic (exact) mass is 869 g/mol. The number of benzene rings is 8. The lowest BCUT2D eigenvalue weighted by Crippen LogP contribution is -2.60. The van der Waals surface area contributed by atoms with Crippen LogP contribution in [0, 0.1) is 0 Å². The third kappa shape index (κ3) is 4.98. The molecule has 1 aliphatic carbocycles. The van der Waals surface area contributed by atoms with E-state index in [4.69, 9.17) is 9.40 Å². The van der Waals surface area contributed by atoms with Gasteiger partial charge >= 0.3 is 6.85 Å². The van der Waals surface area contributed by atoms with E-state index in [2.05, 4.69) is 204 Å². The zero-order valence-corrected chi connectivity index (χ0v) is 39.4. The molecule has 14 rings (SSSR count). The molecular weight excluding hydrogens is 822 g/mol. The minimum atomic E-state index is -0.178. The van der Waals surface area contributed by atoms with Gasteiger partial charge in [-0.1, -0.05) is 134 Å². The summed E-state index contributed by atoms with van der Waals surface area (Å²) in [5.74, 6) is 0.635. The molecule has 0 saturated heterocycles. The molecule has 11 aromatic rings. The number of hydrogen-bond donors (Lipinski definition) is 0. The smallest absolute Gasteiger partial charge is 0.333 e. The molecule has 0 N–H and O–H groups in total. The van der Waals surface area contributed by atoms with E-state index < -0.39 is 0 Å². The normalized spacial score (nSPS) is 14.7. The van der Waals surface area contributed by atoms with Gasteiger partial charge in [0.05, 0.1) is 11.0 Å². The first-order valence-electron chi connectivity index (χ1n) is 23.4. The Balaban J connectivity index is 1.20. The Labute approximate surface area is 389 Å². The van der Waals surface area contributed by atoms with Crippen LogP contribution in [0.5, 0.6) is 0 Å². The Hall–Kier alpha value is -6.89. The molecule has 318 valence electrons. The van der Waals surface area contributed by atoms with Crippen molar-refractivity contribution in [2.75, 3.05) is 4.81 Å². The molecule has 0 atom stereocenters. The van der Waals surface area contributed by atoms with Gasteiger partial charge in [0.1, 0.15) is 5.52 Å². The van der Waals surface area contributed by atoms with Gasteiger partial charge in [0.25, 0.3) is 0 Å². The third-order valence-electron chi connectivity index (χ3n) is 15.3. The maximum absolute atomic E-state index is 6.76. The average Bonchev–Trinajstić information content (AvgIpc) is 4.05. The highest BCUT2D eigenvalue weighted by Gasteiger charge is 2.48. The number of aromatic nitrogens is 2. The standard InChI is InChI=1S/C60H48BN3OS/c1-58(2,3)34-22-25-36(26-23-34)64-47-30-39-37-18-12-14-20-42(37)60(7,8)43(39)29-41(47)53-54-55-51(52-38-19-13-15-21-50(38)66-56(52)53)40-28-35(59(4,5)6)24-27-46(40)63(55)48-32-49-45(31-44(48)61(54)64)62-57(65-49)33-16-10-9-11-17-33/h9-32H,1-8H3. The van der Waals surface area contributed by atoms with Crippen LogP contribution in [0.4, 0.5) is 11.4 Å². The molecule has 5 heterocycles. The van der Waals surface area contributed by atoms with Crippen molar-refractivity contribution in [1.29, 1.82) is 0 Å². The summed E-state index contributed by atoms with van der Waals surface area (Å²) in [6.45, 7) is 18.5. The summed E-state index contributed by atoms with van der Waals surface area (Å²) in [6, 6.07) is 54.9. The molecule has 0 radical (unpaired) electrons. The van der Waals surface area contributed by atoms with Gasteiger partial charge < -0.3 is 13.8 Å². The SMILES string of the molecule is CC(C)(C)c1ccc(N2B3c4cc5nc(-c6ccccc6)oc5cc4-n4c5ccc(C(C)(C)C)cc5c5c6c(sc7ccccc76)c(c3c54)-c3cc4c(cc32)-c2ccccc2C4(C)C)cc1. The molecule has 0 unspecified atom stereocenters. The topological polar surface area (TPSA) is 34.2 Å². The van der Waals surface area contributed by atoms with Gasteiger partial charge in [0.2, 0.25) is 5.89 Å². The number of rotatable bonds is 2. The largest absolute Gasteiger partial charge is 0.436 e. The van der Waals surface area contributed by atoms with Crippen molar-refractivity contribution in [2.45, 2.75) is 71.6 Å². The summed E-state index contributed by atoms with van der Waals surface area (Å²) in [5.41, 5.74) is 21.8. The minimum Gasteiger partial charge on any atom is -0.436 e. The molecule has 66 heavy (non-hydrogen) atoms. The lowest BCUT2D eigenvalue weighted by Gasteiger charge is -2.42. The highest BCUT2D eigenvalue weighted by Crippen LogP contribution is 2.57. The van der Waals surface area contributed by atoms with Crippen molar-refractivity contribution in [3.05, 3.63) is 168 Å². The second-order valence-electron chi connectivity index (χ2n) is 21.6. The first-order valence-corrected chi connectivity index (χ1v) is 24.2. The molecule has 3 aromatic heterocycles. The van der Waals surface area contributed by atoms with Gasteiger partial charge in [-0.2, -0.15) is 0 Å². The molecule has 0 bridgehead atoms. The van der Waals surface area contributed by atoms with E-state index in [0.717, 1.165) is 22.4 Å². The highest BCUT2D eigenvalue weighted by molar-refractivity contribution is 7.27. The maximum Gasteiger partial charge on any atom is 0.333 e. The van der Waals surface area contributed by atoms with Crippen molar-refractivity contribution in [1.82, 2.24) is 9.55 Å². The molecule has 0 spiro atoms. The minimum absolute atomic E-state index is 0.0132. The second kappa shape index (κ2) is 12.7. The number of thiophene rings is 1. The molecule has 6 heteroatoms. The van der Waals surface area contributed by atoms with Gasteiger partial charge in [-0.25, -0.2) is 4.98 Å². The van der Waals surface area contributed by atoms with Gasteiger partial charge in [0, 0.05) is 76.2 Å². The van der Waals surface area contributed by atoms with Crippen molar-refractivity contribution in [3.63, 3.8) is 0 Å². The molecular formula is C60H48BN3OS. The van der Waals surface area contributed by atoms with E-state index in [1.54, 1.807) is 0 Å². The number of fused-ring (bicyclic) bond motifs is 17. The summed E-state index contributed by atoms with van der Waals surface area (Å²) < 4.78 is 12.0. The zero-order chi connectivity index (χ0) is 44.8. The Kier molecular flexibility index (Phi) is 7.39. The van der Waals surface area contributed by atoms with E-state index in [0.29, 0.717) is 5.89 Å². The van der Waals surface area contributed by atoms with Crippen LogP contribution in [-0.4, -0.2) is 16.4 Å². The van der Waals surface area contributed by atoms with Gasteiger partial charge in [-0.05, 0) is 116 Å². The van der Waals surface area contributed by atoms with Gasteiger partial charge in [-0.15, -0.1) is 11.3 Å². The van der Waals surface area contributed by atoms with E-state index in [1.807, 2.05) is 17.4 Å². The Morgan fingerprint density at radius 2 is 1.35 bits per heavy atom. The van der Waals surface area contributed by atoms with Crippen LogP contribution in [-0.2, 0) is 16.2 Å². The van der Waals surface area contributed by atoms with Crippen LogP contribution in [0.15, 0.2) is 150 Å². The molecule has 2 aliphatic heterocycles. The summed E-state index contributed by atoms with van der Waals surface area (Å²) >= 11 is 1.96. The predicted molar refractivity (Wildman–Crippen MR) is 281 cm³/mol. The quantitative estimate of drug-likeness (QED) is 0.162. The molecule has 0 fully saturated rings. The van der Waals surface area contributed by atoms with E-state index in [-0.39, 0.29) is 23.1 Å². The lowest BCUT2D eigenvalue weighted by atomic mass is 9.43. The first-order chi connectivity index (χ1) is 31.8. The third-order valence-corrected chi connectivity index (χ3v) is 16.5. The predicted octanol–water partition coefficient (Wildman–Crippen LogP) is 15.1. The summed E-state index contributed by atoms with van der Waals surface area (Å²) in [6.07, 6.45) is 0. The number of oxazole rings is 1. The fourth-order valence-electron chi connectivity index (χ4n) is 12.0. The number of hydrogen-bond acceptors (Lipinski definition) is 4. The Morgan fingerprint density at radius 3 is 2.14 bits per heavy atom. The van der Waals surface area contributed by atoms with E-state index in [1.165, 1.54) is 109 Å². The van der Waals surface area contributed by atoms with Crippen LogP contribution in [0.25, 0.3) is 92.5 Å². The molecule has 3 aliphatic rings. The molecule has 0 amide bonds. The number of anilines is 2. The second-order valence-corrected chi connectivity index (χ2v) is 22.6. The first kappa shape index (κ1) is 38.4. The van der Waals surface area contributed by atoms with Crippen LogP contribution >= 0.6 is 11.3 Å². The van der Waals surface area contributed by atoms with Crippen LogP contribution in [0.2, 0.25) is 0 Å². The van der Waals surface area contributed by atoms with E-state index in [9.17, 15) is 0 Å². The molecule has 0 saturated carbocycles. The zero-order valence-electron chi connectivity index (χ0n) is 38.6. The summed E-state index contributed by atoms with van der Waals surface area (Å²) in [5, 5.41) is 5.29. The maximum atomic E-state index is 6.76. The number of nitrogens with zero attached hydrogens (tertiary/aromatic N) is 3. The van der Waals surface area contributed by atoms with Crippen LogP contribution < -0.4 is 15.7 Å². The molecule has 4 nitrogen and oxygen atoms in total. The van der Waals surface area contributed by atoms with Crippen molar-refractivity contribution >= 4 is 93.6 Å². The van der Waals surface area contributed by atoms with Gasteiger partial charge in [0.15, 0.2) is 5.58 Å². The van der Waals surface area contributed by atoms with Crippen molar-refractivity contribution in [3.8, 4) is 39.4 Å². The van der Waals surface area contributed by atoms with Gasteiger partial charge in [-0.3, -0.25) is 0 Å². The van der Waals surface area contributed by atoms with Crippen molar-refractivity contribution in [2.24, 2.45) is 0 Å². The summed E-state index contributed by atoms with van der Waals surface area (Å²) in [4.78, 5) is 7.93. The lowest BCUT2D eigenvalue weighted by molar-refractivity contribution is 0.590. The fraction of sp³-hybridized carbons (Fsp3) is 0.183. The Bertz CT molecular complexity index is 3930. The van der Waals surface area contributed by atoms with E-state index >= 15 is 0 Å². The van der Waals surface area contributed by atoms with Crippen LogP contribution in [0.3, 0.4) is 0 Å².